The number of likely N-dealkylation sites (N-methyl/N-ethyl adjacent to an activating group) is 1. The second-order valence-corrected chi connectivity index (χ2v) is 3.97. The molecule has 0 aliphatic rings. The van der Waals surface area contributed by atoms with Crippen LogP contribution in [0.2, 0.25) is 0 Å². The summed E-state index contributed by atoms with van der Waals surface area (Å²) in [4.78, 5) is 13.1. The molecule has 0 aromatic heterocycles. The highest BCUT2D eigenvalue weighted by atomic mass is 16.5. The molecule has 1 N–H and O–H groups in total. The second kappa shape index (κ2) is 6.25. The summed E-state index contributed by atoms with van der Waals surface area (Å²) in [5.74, 6) is 0.493. The molecular weight excluding hydrogens is 218 g/mol. The van der Waals surface area contributed by atoms with Crippen LogP contribution in [0.1, 0.15) is 18.1 Å². The Hall–Kier alpha value is -1.55. The Kier molecular flexibility index (Phi) is 4.97. The van der Waals surface area contributed by atoms with E-state index in [1.54, 1.807) is 18.0 Å². The fourth-order valence-electron chi connectivity index (χ4n) is 1.40. The van der Waals surface area contributed by atoms with Crippen LogP contribution >= 0.6 is 0 Å². The number of aliphatic hydroxyl groups excluding tert-OH is 1. The number of carbonyl (C=O) groups excluding carboxylic acids is 1. The Balaban J connectivity index is 2.66. The lowest BCUT2D eigenvalue weighted by molar-refractivity contribution is -0.131. The first-order valence-electron chi connectivity index (χ1n) is 5.65. The van der Waals surface area contributed by atoms with Gasteiger partial charge in [-0.15, -0.1) is 0 Å². The summed E-state index contributed by atoms with van der Waals surface area (Å²) in [6.07, 6.45) is 0. The molecule has 0 saturated heterocycles. The van der Waals surface area contributed by atoms with Crippen LogP contribution in [-0.4, -0.2) is 36.1 Å². The van der Waals surface area contributed by atoms with Crippen molar-refractivity contribution in [2.75, 3.05) is 20.2 Å². The molecule has 0 fully saturated rings. The first-order chi connectivity index (χ1) is 8.08. The van der Waals surface area contributed by atoms with Crippen molar-refractivity contribution in [1.82, 2.24) is 4.90 Å². The van der Waals surface area contributed by atoms with Gasteiger partial charge < -0.3 is 14.7 Å². The molecule has 0 unspecified atom stereocenters. The smallest absolute Gasteiger partial charge is 0.260 e. The lowest BCUT2D eigenvalue weighted by Crippen LogP contribution is -2.31. The van der Waals surface area contributed by atoms with Gasteiger partial charge in [-0.2, -0.15) is 0 Å². The van der Waals surface area contributed by atoms with Gasteiger partial charge in [-0.1, -0.05) is 17.7 Å². The molecule has 0 heterocycles. The number of hydrogen-bond acceptors (Lipinski definition) is 3. The predicted molar refractivity (Wildman–Crippen MR) is 65.9 cm³/mol. The number of aliphatic hydroxyl groups is 1. The highest BCUT2D eigenvalue weighted by Crippen LogP contribution is 2.19. The zero-order chi connectivity index (χ0) is 12.8. The summed E-state index contributed by atoms with van der Waals surface area (Å²) in [5.41, 5.74) is 1.76. The standard InChI is InChI=1S/C13H19NO3/c1-4-14(3)13(16)9-17-12-6-5-10(2)7-11(12)8-15/h5-7,15H,4,8-9H2,1-3H3. The molecule has 4 nitrogen and oxygen atoms in total. The van der Waals surface area contributed by atoms with Crippen LogP contribution < -0.4 is 4.74 Å². The molecule has 1 aromatic carbocycles. The molecular formula is C13H19NO3. The van der Waals surface area contributed by atoms with Crippen LogP contribution in [0.15, 0.2) is 18.2 Å². The summed E-state index contributed by atoms with van der Waals surface area (Å²) in [6, 6.07) is 5.52. The normalized spacial score (nSPS) is 10.1. The van der Waals surface area contributed by atoms with Crippen LogP contribution in [0, 0.1) is 6.92 Å². The minimum Gasteiger partial charge on any atom is -0.483 e. The minimum atomic E-state index is -0.0885. The van der Waals surface area contributed by atoms with E-state index in [0.717, 1.165) is 5.56 Å². The van der Waals surface area contributed by atoms with Crippen LogP contribution in [0.3, 0.4) is 0 Å². The van der Waals surface area contributed by atoms with Gasteiger partial charge in [0.25, 0.3) is 5.91 Å². The average molecular weight is 237 g/mol. The summed E-state index contributed by atoms with van der Waals surface area (Å²) in [6.45, 7) is 4.42. The van der Waals surface area contributed by atoms with E-state index in [1.807, 2.05) is 26.0 Å². The van der Waals surface area contributed by atoms with Crippen molar-refractivity contribution < 1.29 is 14.6 Å². The van der Waals surface area contributed by atoms with Crippen LogP contribution in [0.4, 0.5) is 0 Å². The van der Waals surface area contributed by atoms with Crippen molar-refractivity contribution in [3.63, 3.8) is 0 Å². The van der Waals surface area contributed by atoms with Gasteiger partial charge in [0.05, 0.1) is 6.61 Å². The van der Waals surface area contributed by atoms with Gasteiger partial charge in [0, 0.05) is 19.2 Å². The number of rotatable bonds is 5. The molecule has 94 valence electrons. The number of ether oxygens (including phenoxy) is 1. The SMILES string of the molecule is CCN(C)C(=O)COc1ccc(C)cc1CO. The molecule has 17 heavy (non-hydrogen) atoms. The molecule has 1 amide bonds. The number of nitrogens with zero attached hydrogens (tertiary/aromatic N) is 1. The second-order valence-electron chi connectivity index (χ2n) is 3.97. The molecule has 0 atom stereocenters. The van der Waals surface area contributed by atoms with E-state index < -0.39 is 0 Å². The molecule has 1 aromatic rings. The summed E-state index contributed by atoms with van der Waals surface area (Å²) in [7, 11) is 1.73. The number of aryl methyl sites for hydroxylation is 1. The third-order valence-electron chi connectivity index (χ3n) is 2.64. The van der Waals surface area contributed by atoms with Crippen molar-refractivity contribution in [2.24, 2.45) is 0 Å². The Labute approximate surface area is 102 Å². The monoisotopic (exact) mass is 237 g/mol. The number of amides is 1. The third-order valence-corrected chi connectivity index (χ3v) is 2.64. The topological polar surface area (TPSA) is 49.8 Å². The molecule has 0 saturated carbocycles. The van der Waals surface area contributed by atoms with Gasteiger partial charge in [0.1, 0.15) is 5.75 Å². The van der Waals surface area contributed by atoms with E-state index in [2.05, 4.69) is 0 Å². The van der Waals surface area contributed by atoms with E-state index in [0.29, 0.717) is 17.9 Å². The first-order valence-corrected chi connectivity index (χ1v) is 5.65. The van der Waals surface area contributed by atoms with Gasteiger partial charge >= 0.3 is 0 Å². The van der Waals surface area contributed by atoms with Gasteiger partial charge in [0.15, 0.2) is 6.61 Å². The van der Waals surface area contributed by atoms with E-state index in [-0.39, 0.29) is 19.1 Å². The summed E-state index contributed by atoms with van der Waals surface area (Å²) < 4.78 is 5.42. The van der Waals surface area contributed by atoms with Crippen LogP contribution in [0.25, 0.3) is 0 Å². The van der Waals surface area contributed by atoms with Gasteiger partial charge in [-0.25, -0.2) is 0 Å². The fourth-order valence-corrected chi connectivity index (χ4v) is 1.40. The van der Waals surface area contributed by atoms with Gasteiger partial charge in [-0.05, 0) is 19.9 Å². The quantitative estimate of drug-likeness (QED) is 0.841. The number of carbonyl (C=O) groups is 1. The molecule has 4 heteroatoms. The Morgan fingerprint density at radius 2 is 2.18 bits per heavy atom. The van der Waals surface area contributed by atoms with E-state index in [9.17, 15) is 9.90 Å². The van der Waals surface area contributed by atoms with E-state index >= 15 is 0 Å². The lowest BCUT2D eigenvalue weighted by Gasteiger charge is -2.16. The zero-order valence-electron chi connectivity index (χ0n) is 10.6. The minimum absolute atomic E-state index is 0.000398. The zero-order valence-corrected chi connectivity index (χ0v) is 10.6. The van der Waals surface area contributed by atoms with E-state index in [1.165, 1.54) is 0 Å². The van der Waals surface area contributed by atoms with Crippen LogP contribution in [0.5, 0.6) is 5.75 Å². The first kappa shape index (κ1) is 13.5. The highest BCUT2D eigenvalue weighted by molar-refractivity contribution is 5.77. The summed E-state index contributed by atoms with van der Waals surface area (Å²) in [5, 5.41) is 9.19. The maximum Gasteiger partial charge on any atom is 0.260 e. The molecule has 0 radical (unpaired) electrons. The van der Waals surface area contributed by atoms with Crippen molar-refractivity contribution >= 4 is 5.91 Å². The van der Waals surface area contributed by atoms with Crippen molar-refractivity contribution in [3.05, 3.63) is 29.3 Å². The average Bonchev–Trinajstić information content (AvgIpc) is 2.35. The number of hydrogen-bond donors (Lipinski definition) is 1. The van der Waals surface area contributed by atoms with E-state index in [4.69, 9.17) is 4.74 Å². The van der Waals surface area contributed by atoms with Crippen molar-refractivity contribution in [1.29, 1.82) is 0 Å². The number of benzene rings is 1. The lowest BCUT2D eigenvalue weighted by atomic mass is 10.1. The highest BCUT2D eigenvalue weighted by Gasteiger charge is 2.09. The molecule has 1 rings (SSSR count). The van der Waals surface area contributed by atoms with Crippen LogP contribution in [-0.2, 0) is 11.4 Å². The Morgan fingerprint density at radius 1 is 1.47 bits per heavy atom. The Bertz CT molecular complexity index is 390. The molecule has 0 aliphatic heterocycles. The maximum atomic E-state index is 11.6. The summed E-state index contributed by atoms with van der Waals surface area (Å²) >= 11 is 0. The largest absolute Gasteiger partial charge is 0.483 e. The Morgan fingerprint density at radius 3 is 2.76 bits per heavy atom. The molecule has 0 aliphatic carbocycles. The van der Waals surface area contributed by atoms with Crippen molar-refractivity contribution in [3.8, 4) is 5.75 Å². The molecule has 0 bridgehead atoms. The third kappa shape index (κ3) is 3.75. The predicted octanol–water partition coefficient (Wildman–Crippen LogP) is 1.34. The van der Waals surface area contributed by atoms with Gasteiger partial charge in [0.2, 0.25) is 0 Å². The molecule has 0 spiro atoms. The maximum absolute atomic E-state index is 11.6. The van der Waals surface area contributed by atoms with Crippen molar-refractivity contribution in [2.45, 2.75) is 20.5 Å². The van der Waals surface area contributed by atoms with Gasteiger partial charge in [-0.3, -0.25) is 4.79 Å². The fraction of sp³-hybridized carbons (Fsp3) is 0.462.